The van der Waals surface area contributed by atoms with Crippen LogP contribution in [-0.2, 0) is 13.0 Å². The Morgan fingerprint density at radius 3 is 2.70 bits per heavy atom. The first-order chi connectivity index (χ1) is 13.2. The molecule has 0 radical (unpaired) electrons. The van der Waals surface area contributed by atoms with Crippen molar-refractivity contribution in [1.29, 1.82) is 0 Å². The van der Waals surface area contributed by atoms with E-state index < -0.39 is 0 Å². The number of amides is 1. The largest absolute Gasteiger partial charge is 0.333 e. The monoisotopic (exact) mass is 392 g/mol. The molecule has 0 saturated heterocycles. The van der Waals surface area contributed by atoms with E-state index in [0.717, 1.165) is 22.2 Å². The molecule has 4 aromatic rings. The zero-order valence-corrected chi connectivity index (χ0v) is 16.7. The summed E-state index contributed by atoms with van der Waals surface area (Å²) in [7, 11) is 0. The fraction of sp³-hybridized carbons (Fsp3) is 0.182. The highest BCUT2D eigenvalue weighted by atomic mass is 32.1. The number of carbonyl (C=O) groups excluding carboxylic acids is 1. The molecule has 0 aliphatic heterocycles. The number of thiazole rings is 1. The van der Waals surface area contributed by atoms with Gasteiger partial charge in [0.25, 0.3) is 5.91 Å². The fourth-order valence-corrected chi connectivity index (χ4v) is 4.71. The summed E-state index contributed by atoms with van der Waals surface area (Å²) >= 11 is 3.32. The Bertz CT molecular complexity index is 1050. The highest BCUT2D eigenvalue weighted by molar-refractivity contribution is 7.16. The normalized spacial score (nSPS) is 11.0. The average Bonchev–Trinajstić information content (AvgIpc) is 3.33. The summed E-state index contributed by atoms with van der Waals surface area (Å²) < 4.78 is 1.05. The average molecular weight is 393 g/mol. The summed E-state index contributed by atoms with van der Waals surface area (Å²) in [6.45, 7) is 3.44. The summed E-state index contributed by atoms with van der Waals surface area (Å²) in [6.07, 6.45) is 0.847. The molecular weight excluding hydrogens is 372 g/mol. The van der Waals surface area contributed by atoms with Gasteiger partial charge in [-0.05, 0) is 49.2 Å². The van der Waals surface area contributed by atoms with Crippen LogP contribution in [0.2, 0.25) is 0 Å². The molecule has 0 spiro atoms. The molecule has 0 atom stereocenters. The van der Waals surface area contributed by atoms with Gasteiger partial charge in [0.15, 0.2) is 0 Å². The van der Waals surface area contributed by atoms with Crippen molar-refractivity contribution in [3.05, 3.63) is 87.1 Å². The predicted octanol–water partition coefficient (Wildman–Crippen LogP) is 5.55. The SMILES string of the molecule is Cc1ccc(CN(CCc2ccccc2)C(=O)c2ccc3ncsc3c2)s1. The van der Waals surface area contributed by atoms with E-state index in [1.807, 2.05) is 46.8 Å². The lowest BCUT2D eigenvalue weighted by Gasteiger charge is -2.22. The van der Waals surface area contributed by atoms with Crippen LogP contribution >= 0.6 is 22.7 Å². The molecule has 2 aromatic carbocycles. The third-order valence-electron chi connectivity index (χ3n) is 4.52. The third-order valence-corrected chi connectivity index (χ3v) is 6.30. The second-order valence-electron chi connectivity index (χ2n) is 6.51. The Hall–Kier alpha value is -2.50. The first-order valence-electron chi connectivity index (χ1n) is 8.91. The molecule has 1 amide bonds. The number of benzene rings is 2. The standard InChI is InChI=1S/C22H20N2OS2/c1-16-7-9-19(27-16)14-24(12-11-17-5-3-2-4-6-17)22(25)18-8-10-20-21(13-18)26-15-23-20/h2-10,13,15H,11-12,14H2,1H3. The predicted molar refractivity (Wildman–Crippen MR) is 114 cm³/mol. The van der Waals surface area contributed by atoms with Gasteiger partial charge in [0.2, 0.25) is 0 Å². The van der Waals surface area contributed by atoms with E-state index in [0.29, 0.717) is 13.1 Å². The van der Waals surface area contributed by atoms with Gasteiger partial charge in [-0.15, -0.1) is 22.7 Å². The van der Waals surface area contributed by atoms with Crippen LogP contribution in [0.15, 0.2) is 66.2 Å². The number of carbonyl (C=O) groups is 1. The van der Waals surface area contributed by atoms with E-state index in [-0.39, 0.29) is 5.91 Å². The fourth-order valence-electron chi connectivity index (χ4n) is 3.09. The molecule has 0 fully saturated rings. The van der Waals surface area contributed by atoms with E-state index in [9.17, 15) is 4.79 Å². The van der Waals surface area contributed by atoms with Gasteiger partial charge < -0.3 is 4.90 Å². The topological polar surface area (TPSA) is 33.2 Å². The molecule has 2 heterocycles. The highest BCUT2D eigenvalue weighted by Crippen LogP contribution is 2.22. The van der Waals surface area contributed by atoms with Gasteiger partial charge in [0.1, 0.15) is 0 Å². The zero-order chi connectivity index (χ0) is 18.6. The quantitative estimate of drug-likeness (QED) is 0.431. The number of hydrogen-bond acceptors (Lipinski definition) is 4. The van der Waals surface area contributed by atoms with Gasteiger partial charge in [-0.2, -0.15) is 0 Å². The number of nitrogens with zero attached hydrogens (tertiary/aromatic N) is 2. The molecule has 4 rings (SSSR count). The van der Waals surface area contributed by atoms with Crippen molar-refractivity contribution in [2.75, 3.05) is 6.54 Å². The van der Waals surface area contributed by atoms with Crippen molar-refractivity contribution in [3.8, 4) is 0 Å². The summed E-state index contributed by atoms with van der Waals surface area (Å²) in [5, 5.41) is 0. The van der Waals surface area contributed by atoms with Crippen molar-refractivity contribution >= 4 is 38.8 Å². The minimum atomic E-state index is 0.0762. The number of aromatic nitrogens is 1. The van der Waals surface area contributed by atoms with Gasteiger partial charge >= 0.3 is 0 Å². The Kier molecular flexibility index (Phi) is 5.32. The van der Waals surface area contributed by atoms with Crippen molar-refractivity contribution in [3.63, 3.8) is 0 Å². The van der Waals surface area contributed by atoms with E-state index >= 15 is 0 Å². The molecule has 2 aromatic heterocycles. The number of fused-ring (bicyclic) bond motifs is 1. The molecule has 0 bridgehead atoms. The molecule has 0 aliphatic carbocycles. The van der Waals surface area contributed by atoms with E-state index in [1.54, 1.807) is 22.7 Å². The molecular formula is C22H20N2OS2. The number of hydrogen-bond donors (Lipinski definition) is 0. The second kappa shape index (κ2) is 8.03. The molecule has 27 heavy (non-hydrogen) atoms. The van der Waals surface area contributed by atoms with Crippen molar-refractivity contribution in [2.45, 2.75) is 19.9 Å². The summed E-state index contributed by atoms with van der Waals surface area (Å²) in [4.78, 5) is 22.0. The first-order valence-corrected chi connectivity index (χ1v) is 10.6. The van der Waals surface area contributed by atoms with Gasteiger partial charge in [-0.3, -0.25) is 4.79 Å². The Labute approximate surface area is 166 Å². The number of rotatable bonds is 6. The van der Waals surface area contributed by atoms with Crippen LogP contribution in [0.3, 0.4) is 0 Å². The van der Waals surface area contributed by atoms with Crippen LogP contribution in [0.1, 0.15) is 25.7 Å². The Morgan fingerprint density at radius 2 is 1.93 bits per heavy atom. The summed E-state index contributed by atoms with van der Waals surface area (Å²) in [5.74, 6) is 0.0762. The van der Waals surface area contributed by atoms with E-state index in [1.165, 1.54) is 15.3 Å². The third kappa shape index (κ3) is 4.26. The van der Waals surface area contributed by atoms with Crippen molar-refractivity contribution in [1.82, 2.24) is 9.88 Å². The van der Waals surface area contributed by atoms with E-state index in [4.69, 9.17) is 0 Å². The Morgan fingerprint density at radius 1 is 1.07 bits per heavy atom. The van der Waals surface area contributed by atoms with Crippen molar-refractivity contribution < 1.29 is 4.79 Å². The molecule has 3 nitrogen and oxygen atoms in total. The first kappa shape index (κ1) is 17.9. The lowest BCUT2D eigenvalue weighted by molar-refractivity contribution is 0.0747. The number of thiophene rings is 1. The lowest BCUT2D eigenvalue weighted by Crippen LogP contribution is -2.32. The summed E-state index contributed by atoms with van der Waals surface area (Å²) in [6, 6.07) is 20.4. The van der Waals surface area contributed by atoms with Crippen LogP contribution in [0.5, 0.6) is 0 Å². The zero-order valence-electron chi connectivity index (χ0n) is 15.1. The van der Waals surface area contributed by atoms with Gasteiger partial charge in [0.05, 0.1) is 22.3 Å². The van der Waals surface area contributed by atoms with Gasteiger partial charge in [0, 0.05) is 21.9 Å². The van der Waals surface area contributed by atoms with Gasteiger partial charge in [-0.25, -0.2) is 4.98 Å². The molecule has 0 saturated carbocycles. The maximum absolute atomic E-state index is 13.3. The molecule has 136 valence electrons. The van der Waals surface area contributed by atoms with Crippen LogP contribution in [0.4, 0.5) is 0 Å². The van der Waals surface area contributed by atoms with Crippen LogP contribution in [0, 0.1) is 6.92 Å². The molecule has 0 unspecified atom stereocenters. The number of aryl methyl sites for hydroxylation is 1. The lowest BCUT2D eigenvalue weighted by atomic mass is 10.1. The van der Waals surface area contributed by atoms with Crippen molar-refractivity contribution in [2.24, 2.45) is 0 Å². The molecule has 0 N–H and O–H groups in total. The minimum absolute atomic E-state index is 0.0762. The smallest absolute Gasteiger partial charge is 0.254 e. The Balaban J connectivity index is 1.57. The van der Waals surface area contributed by atoms with Crippen LogP contribution in [-0.4, -0.2) is 22.3 Å². The van der Waals surface area contributed by atoms with E-state index in [2.05, 4.69) is 36.2 Å². The maximum Gasteiger partial charge on any atom is 0.254 e. The van der Waals surface area contributed by atoms with Crippen LogP contribution in [0.25, 0.3) is 10.2 Å². The highest BCUT2D eigenvalue weighted by Gasteiger charge is 2.18. The maximum atomic E-state index is 13.3. The van der Waals surface area contributed by atoms with Gasteiger partial charge in [-0.1, -0.05) is 30.3 Å². The minimum Gasteiger partial charge on any atom is -0.333 e. The molecule has 5 heteroatoms. The van der Waals surface area contributed by atoms with Crippen LogP contribution < -0.4 is 0 Å². The second-order valence-corrected chi connectivity index (χ2v) is 8.77. The molecule has 0 aliphatic rings. The summed E-state index contributed by atoms with van der Waals surface area (Å²) in [5.41, 5.74) is 4.74.